The van der Waals surface area contributed by atoms with Gasteiger partial charge in [0.05, 0.1) is 5.54 Å². The molecule has 0 saturated carbocycles. The van der Waals surface area contributed by atoms with Gasteiger partial charge in [-0.25, -0.2) is 0 Å². The number of rotatable bonds is 3. The molecule has 1 atom stereocenters. The first-order chi connectivity index (χ1) is 7.72. The average molecular weight is 224 g/mol. The van der Waals surface area contributed by atoms with Crippen molar-refractivity contribution in [1.29, 1.82) is 0 Å². The Morgan fingerprint density at radius 2 is 2.50 bits per heavy atom. The second kappa shape index (κ2) is 4.21. The summed E-state index contributed by atoms with van der Waals surface area (Å²) >= 11 is 0. The fourth-order valence-corrected chi connectivity index (χ4v) is 2.06. The van der Waals surface area contributed by atoms with Crippen LogP contribution in [0, 0.1) is 0 Å². The topological polar surface area (TPSA) is 80.1 Å². The maximum absolute atomic E-state index is 11.3. The van der Waals surface area contributed by atoms with E-state index in [1.54, 1.807) is 7.05 Å². The Labute approximate surface area is 93.8 Å². The lowest BCUT2D eigenvalue weighted by Gasteiger charge is -2.22. The second-order valence-electron chi connectivity index (χ2n) is 3.97. The van der Waals surface area contributed by atoms with Crippen LogP contribution in [0.2, 0.25) is 0 Å². The van der Waals surface area contributed by atoms with Crippen molar-refractivity contribution in [2.24, 2.45) is 0 Å². The van der Waals surface area contributed by atoms with Gasteiger partial charge in [-0.1, -0.05) is 12.1 Å². The van der Waals surface area contributed by atoms with E-state index in [1.807, 2.05) is 0 Å². The number of amides is 1. The molecule has 0 aromatic carbocycles. The van der Waals surface area contributed by atoms with E-state index < -0.39 is 0 Å². The number of hydrogen-bond acceptors (Lipinski definition) is 5. The molecule has 1 saturated heterocycles. The molecule has 16 heavy (non-hydrogen) atoms. The molecule has 0 radical (unpaired) electrons. The van der Waals surface area contributed by atoms with Crippen LogP contribution in [0.4, 0.5) is 0 Å². The first kappa shape index (κ1) is 11.1. The third kappa shape index (κ3) is 1.69. The van der Waals surface area contributed by atoms with Crippen LogP contribution < -0.4 is 10.6 Å². The summed E-state index contributed by atoms with van der Waals surface area (Å²) in [7, 11) is 1.54. The van der Waals surface area contributed by atoms with Gasteiger partial charge >= 0.3 is 0 Å². The van der Waals surface area contributed by atoms with Crippen LogP contribution in [0.25, 0.3) is 0 Å². The van der Waals surface area contributed by atoms with E-state index in [9.17, 15) is 4.79 Å². The highest BCUT2D eigenvalue weighted by atomic mass is 16.5. The molecule has 6 heteroatoms. The molecule has 1 amide bonds. The smallest absolute Gasteiger partial charge is 0.292 e. The Balaban J connectivity index is 2.26. The lowest BCUT2D eigenvalue weighted by Crippen LogP contribution is -2.36. The molecule has 6 nitrogen and oxygen atoms in total. The van der Waals surface area contributed by atoms with Crippen LogP contribution in [-0.2, 0) is 5.54 Å². The van der Waals surface area contributed by atoms with Gasteiger partial charge in [-0.15, -0.1) is 0 Å². The van der Waals surface area contributed by atoms with Crippen LogP contribution in [0.3, 0.4) is 0 Å². The third-order valence-corrected chi connectivity index (χ3v) is 3.11. The summed E-state index contributed by atoms with van der Waals surface area (Å²) in [5.41, 5.74) is -0.237. The van der Waals surface area contributed by atoms with Crippen molar-refractivity contribution >= 4 is 5.91 Å². The van der Waals surface area contributed by atoms with E-state index in [1.165, 1.54) is 0 Å². The molecule has 0 aliphatic carbocycles. The van der Waals surface area contributed by atoms with Gasteiger partial charge in [-0.05, 0) is 25.8 Å². The van der Waals surface area contributed by atoms with Crippen molar-refractivity contribution in [1.82, 2.24) is 20.8 Å². The summed E-state index contributed by atoms with van der Waals surface area (Å²) in [4.78, 5) is 15.5. The Kier molecular flexibility index (Phi) is 2.91. The first-order valence-corrected chi connectivity index (χ1v) is 5.53. The zero-order valence-electron chi connectivity index (χ0n) is 9.54. The summed E-state index contributed by atoms with van der Waals surface area (Å²) in [6, 6.07) is 0. The van der Waals surface area contributed by atoms with E-state index in [0.717, 1.165) is 25.8 Å². The molecule has 88 valence electrons. The fraction of sp³-hybridized carbons (Fsp3) is 0.700. The highest BCUT2D eigenvalue weighted by Gasteiger charge is 2.39. The van der Waals surface area contributed by atoms with Gasteiger partial charge in [0.1, 0.15) is 0 Å². The van der Waals surface area contributed by atoms with E-state index >= 15 is 0 Å². The number of carbonyl (C=O) groups excluding carboxylic acids is 1. The Morgan fingerprint density at radius 1 is 1.69 bits per heavy atom. The van der Waals surface area contributed by atoms with Gasteiger partial charge in [0.25, 0.3) is 11.7 Å². The molecule has 1 unspecified atom stereocenters. The number of hydrogen-bond donors (Lipinski definition) is 2. The minimum Gasteiger partial charge on any atom is -0.352 e. The SMILES string of the molecule is CCC1(c2nc(C(=O)NC)no2)CCCN1. The lowest BCUT2D eigenvalue weighted by atomic mass is 9.94. The van der Waals surface area contributed by atoms with Gasteiger partial charge in [-0.3, -0.25) is 4.79 Å². The molecule has 0 bridgehead atoms. The van der Waals surface area contributed by atoms with Gasteiger partial charge in [0.2, 0.25) is 5.89 Å². The highest BCUT2D eigenvalue weighted by Crippen LogP contribution is 2.32. The molecule has 2 N–H and O–H groups in total. The first-order valence-electron chi connectivity index (χ1n) is 5.53. The predicted octanol–water partition coefficient (Wildman–Crippen LogP) is 0.418. The zero-order chi connectivity index (χ0) is 11.6. The summed E-state index contributed by atoms with van der Waals surface area (Å²) in [5.74, 6) is 0.296. The van der Waals surface area contributed by atoms with Gasteiger partial charge in [-0.2, -0.15) is 4.98 Å². The number of aromatic nitrogens is 2. The highest BCUT2D eigenvalue weighted by molar-refractivity contribution is 5.89. The van der Waals surface area contributed by atoms with Crippen LogP contribution >= 0.6 is 0 Å². The van der Waals surface area contributed by atoms with Crippen molar-refractivity contribution in [3.8, 4) is 0 Å². The van der Waals surface area contributed by atoms with Crippen LogP contribution in [0.5, 0.6) is 0 Å². The molecule has 1 aliphatic heterocycles. The van der Waals surface area contributed by atoms with Gasteiger partial charge in [0.15, 0.2) is 0 Å². The minimum atomic E-state index is -0.320. The lowest BCUT2D eigenvalue weighted by molar-refractivity contribution is 0.0950. The van der Waals surface area contributed by atoms with Crippen molar-refractivity contribution in [2.75, 3.05) is 13.6 Å². The van der Waals surface area contributed by atoms with Crippen molar-refractivity contribution < 1.29 is 9.32 Å². The van der Waals surface area contributed by atoms with Crippen molar-refractivity contribution in [2.45, 2.75) is 31.7 Å². The average Bonchev–Trinajstić information content (AvgIpc) is 2.96. The minimum absolute atomic E-state index is 0.0963. The molecule has 1 aromatic heterocycles. The maximum Gasteiger partial charge on any atom is 0.292 e. The Morgan fingerprint density at radius 3 is 3.06 bits per heavy atom. The largest absolute Gasteiger partial charge is 0.352 e. The van der Waals surface area contributed by atoms with E-state index in [2.05, 4.69) is 27.7 Å². The van der Waals surface area contributed by atoms with Crippen molar-refractivity contribution in [3.63, 3.8) is 0 Å². The quantitative estimate of drug-likeness (QED) is 0.777. The molecule has 1 aromatic rings. The van der Waals surface area contributed by atoms with Gasteiger partial charge < -0.3 is 15.2 Å². The van der Waals surface area contributed by atoms with Gasteiger partial charge in [0, 0.05) is 7.05 Å². The summed E-state index contributed by atoms with van der Waals surface area (Å²) in [6.07, 6.45) is 2.94. The molecule has 0 spiro atoms. The molecular weight excluding hydrogens is 208 g/mol. The summed E-state index contributed by atoms with van der Waals surface area (Å²) < 4.78 is 5.18. The third-order valence-electron chi connectivity index (χ3n) is 3.11. The van der Waals surface area contributed by atoms with Crippen LogP contribution in [-0.4, -0.2) is 29.6 Å². The number of nitrogens with one attached hydrogen (secondary N) is 2. The number of nitrogens with zero attached hydrogens (tertiary/aromatic N) is 2. The molecule has 2 rings (SSSR count). The number of carbonyl (C=O) groups is 1. The second-order valence-corrected chi connectivity index (χ2v) is 3.97. The summed E-state index contributed by atoms with van der Waals surface area (Å²) in [6.45, 7) is 3.02. The molecular formula is C10H16N4O2. The normalized spacial score (nSPS) is 24.6. The molecule has 1 fully saturated rings. The van der Waals surface area contributed by atoms with Crippen molar-refractivity contribution in [3.05, 3.63) is 11.7 Å². The Hall–Kier alpha value is -1.43. The monoisotopic (exact) mass is 224 g/mol. The molecule has 1 aliphatic rings. The van der Waals surface area contributed by atoms with Crippen LogP contribution in [0.15, 0.2) is 4.52 Å². The predicted molar refractivity (Wildman–Crippen MR) is 56.9 cm³/mol. The van der Waals surface area contributed by atoms with E-state index in [0.29, 0.717) is 5.89 Å². The zero-order valence-corrected chi connectivity index (χ0v) is 9.54. The van der Waals surface area contributed by atoms with E-state index in [-0.39, 0.29) is 17.3 Å². The van der Waals surface area contributed by atoms with E-state index in [4.69, 9.17) is 4.52 Å². The Bertz CT molecular complexity index is 382. The van der Waals surface area contributed by atoms with Crippen LogP contribution in [0.1, 0.15) is 42.7 Å². The standard InChI is InChI=1S/C10H16N4O2/c1-3-10(5-4-6-12-10)9-13-7(14-16-9)8(15)11-2/h12H,3-6H2,1-2H3,(H,11,15). The maximum atomic E-state index is 11.3. The fourth-order valence-electron chi connectivity index (χ4n) is 2.06. The molecule has 2 heterocycles. The summed E-state index contributed by atoms with van der Waals surface area (Å²) in [5, 5.41) is 9.54.